The van der Waals surface area contributed by atoms with E-state index in [9.17, 15) is 0 Å². The summed E-state index contributed by atoms with van der Waals surface area (Å²) in [6.07, 6.45) is 0.772. The quantitative estimate of drug-likeness (QED) is 0.601. The molecule has 1 aliphatic rings. The lowest BCUT2D eigenvalue weighted by Gasteiger charge is -1.96. The number of alkyl halides is 1. The predicted octanol–water partition coefficient (Wildman–Crippen LogP) is 4.32. The van der Waals surface area contributed by atoms with Crippen LogP contribution in [0.15, 0.2) is 18.2 Å². The highest BCUT2D eigenvalue weighted by molar-refractivity contribution is 6.42. The molecular formula is C12H14Cl3NO. The van der Waals surface area contributed by atoms with Gasteiger partial charge in [0.2, 0.25) is 0 Å². The summed E-state index contributed by atoms with van der Waals surface area (Å²) >= 11 is 16.6. The van der Waals surface area contributed by atoms with Crippen LogP contribution in [0.25, 0.3) is 0 Å². The smallest absolute Gasteiger partial charge is 0.0944 e. The second-order valence-corrected chi connectivity index (χ2v) is 4.32. The minimum absolute atomic E-state index is 0. The van der Waals surface area contributed by atoms with Crippen molar-refractivity contribution >= 4 is 34.8 Å². The molecule has 1 saturated heterocycles. The van der Waals surface area contributed by atoms with Crippen LogP contribution in [0.5, 0.6) is 0 Å². The van der Waals surface area contributed by atoms with Gasteiger partial charge < -0.3 is 4.74 Å². The Hall–Kier alpha value is -0.460. The van der Waals surface area contributed by atoms with Crippen LogP contribution in [0.1, 0.15) is 13.0 Å². The average Bonchev–Trinajstić information content (AvgIpc) is 3.08. The van der Waals surface area contributed by atoms with Crippen LogP contribution in [-0.4, -0.2) is 18.6 Å². The summed E-state index contributed by atoms with van der Waals surface area (Å²) in [6, 6.07) is 7.21. The molecule has 5 heteroatoms. The van der Waals surface area contributed by atoms with Crippen LogP contribution < -0.4 is 0 Å². The fourth-order valence-electron chi connectivity index (χ4n) is 0.898. The zero-order chi connectivity index (χ0) is 12.0. The standard InChI is InChI=1S/C8H5Cl2N.C3H5ClO.CH4/c9-7-2-1-6(3-4-11)5-8(7)10;4-1-3-2-5-3;/h1-2,5H,3H2;3H,1-2H2;1H4/t;3-;/m.1./s1. The zero-order valence-electron chi connectivity index (χ0n) is 8.42. The number of hydrogen-bond acceptors (Lipinski definition) is 2. The van der Waals surface area contributed by atoms with Crippen molar-refractivity contribution in [2.45, 2.75) is 20.0 Å². The van der Waals surface area contributed by atoms with Crippen molar-refractivity contribution in [3.05, 3.63) is 33.8 Å². The second kappa shape index (κ2) is 8.60. The first kappa shape index (κ1) is 16.5. The molecule has 1 fully saturated rings. The van der Waals surface area contributed by atoms with Crippen molar-refractivity contribution in [3.8, 4) is 6.07 Å². The van der Waals surface area contributed by atoms with E-state index in [0.717, 1.165) is 12.2 Å². The molecule has 0 bridgehead atoms. The lowest BCUT2D eigenvalue weighted by atomic mass is 10.2. The van der Waals surface area contributed by atoms with Gasteiger partial charge in [0.25, 0.3) is 0 Å². The maximum Gasteiger partial charge on any atom is 0.0944 e. The van der Waals surface area contributed by atoms with Crippen LogP contribution in [-0.2, 0) is 11.2 Å². The third kappa shape index (κ3) is 6.75. The number of halogens is 3. The number of hydrogen-bond donors (Lipinski definition) is 0. The molecule has 1 heterocycles. The van der Waals surface area contributed by atoms with E-state index in [1.165, 1.54) is 0 Å². The van der Waals surface area contributed by atoms with Crippen LogP contribution >= 0.6 is 34.8 Å². The maximum absolute atomic E-state index is 8.35. The fraction of sp³-hybridized carbons (Fsp3) is 0.417. The van der Waals surface area contributed by atoms with E-state index >= 15 is 0 Å². The molecule has 1 aromatic carbocycles. The van der Waals surface area contributed by atoms with E-state index in [4.69, 9.17) is 44.8 Å². The van der Waals surface area contributed by atoms with Crippen LogP contribution in [0.4, 0.5) is 0 Å². The summed E-state index contributed by atoms with van der Waals surface area (Å²) in [5.41, 5.74) is 0.891. The molecule has 0 saturated carbocycles. The van der Waals surface area contributed by atoms with Gasteiger partial charge in [-0.3, -0.25) is 0 Å². The van der Waals surface area contributed by atoms with Gasteiger partial charge in [-0.15, -0.1) is 11.6 Å². The van der Waals surface area contributed by atoms with Gasteiger partial charge in [0.05, 0.1) is 41.1 Å². The Kier molecular flexibility index (Phi) is 8.37. The number of ether oxygens (including phenoxy) is 1. The minimum atomic E-state index is 0. The summed E-state index contributed by atoms with van der Waals surface area (Å²) in [6.45, 7) is 0.878. The van der Waals surface area contributed by atoms with Gasteiger partial charge in [-0.1, -0.05) is 36.7 Å². The number of benzene rings is 1. The van der Waals surface area contributed by atoms with Gasteiger partial charge in [0.15, 0.2) is 0 Å². The van der Waals surface area contributed by atoms with E-state index in [0.29, 0.717) is 28.5 Å². The van der Waals surface area contributed by atoms with Gasteiger partial charge in [-0.25, -0.2) is 0 Å². The van der Waals surface area contributed by atoms with Crippen molar-refractivity contribution in [3.63, 3.8) is 0 Å². The van der Waals surface area contributed by atoms with E-state index in [1.54, 1.807) is 18.2 Å². The third-order valence-electron chi connectivity index (χ3n) is 1.84. The first-order valence-corrected chi connectivity index (χ1v) is 5.95. The van der Waals surface area contributed by atoms with E-state index in [1.807, 2.05) is 6.07 Å². The molecule has 2 nitrogen and oxygen atoms in total. The van der Waals surface area contributed by atoms with Crippen molar-refractivity contribution < 1.29 is 4.74 Å². The molecule has 0 amide bonds. The monoisotopic (exact) mass is 293 g/mol. The Balaban J connectivity index is 0.000000360. The minimum Gasteiger partial charge on any atom is -0.372 e. The van der Waals surface area contributed by atoms with Crippen LogP contribution in [0, 0.1) is 11.3 Å². The number of nitriles is 1. The van der Waals surface area contributed by atoms with Gasteiger partial charge in [0, 0.05) is 0 Å². The molecule has 0 aliphatic carbocycles. The Labute approximate surface area is 117 Å². The normalized spacial score (nSPS) is 16.0. The molecule has 1 atom stereocenters. The van der Waals surface area contributed by atoms with Gasteiger partial charge in [-0.05, 0) is 17.7 Å². The van der Waals surface area contributed by atoms with Crippen molar-refractivity contribution in [2.24, 2.45) is 0 Å². The molecule has 0 N–H and O–H groups in total. The van der Waals surface area contributed by atoms with E-state index in [-0.39, 0.29) is 7.43 Å². The molecule has 0 radical (unpaired) electrons. The number of rotatable bonds is 2. The van der Waals surface area contributed by atoms with Crippen molar-refractivity contribution in [1.82, 2.24) is 0 Å². The fourth-order valence-corrected chi connectivity index (χ4v) is 1.40. The predicted molar refractivity (Wildman–Crippen MR) is 73.0 cm³/mol. The Bertz CT molecular complexity index is 386. The Morgan fingerprint density at radius 1 is 1.35 bits per heavy atom. The summed E-state index contributed by atoms with van der Waals surface area (Å²) < 4.78 is 4.73. The maximum atomic E-state index is 8.35. The molecule has 0 aromatic heterocycles. The van der Waals surface area contributed by atoms with Crippen molar-refractivity contribution in [1.29, 1.82) is 5.26 Å². The van der Waals surface area contributed by atoms with Gasteiger partial charge in [-0.2, -0.15) is 5.26 Å². The first-order valence-electron chi connectivity index (χ1n) is 4.65. The lowest BCUT2D eigenvalue weighted by Crippen LogP contribution is -1.80. The Morgan fingerprint density at radius 3 is 2.35 bits per heavy atom. The van der Waals surface area contributed by atoms with E-state index < -0.39 is 0 Å². The zero-order valence-corrected chi connectivity index (χ0v) is 10.7. The summed E-state index contributed by atoms with van der Waals surface area (Å²) in [5, 5.41) is 9.37. The molecule has 0 unspecified atom stereocenters. The molecule has 2 rings (SSSR count). The van der Waals surface area contributed by atoms with Crippen LogP contribution in [0.3, 0.4) is 0 Å². The van der Waals surface area contributed by atoms with E-state index in [2.05, 4.69) is 0 Å². The van der Waals surface area contributed by atoms with Crippen LogP contribution in [0.2, 0.25) is 10.0 Å². The lowest BCUT2D eigenvalue weighted by molar-refractivity contribution is 0.425. The summed E-state index contributed by atoms with van der Waals surface area (Å²) in [7, 11) is 0. The average molecular weight is 295 g/mol. The number of epoxide rings is 1. The third-order valence-corrected chi connectivity index (χ3v) is 2.92. The van der Waals surface area contributed by atoms with Crippen molar-refractivity contribution in [2.75, 3.05) is 12.5 Å². The SMILES string of the molecule is C.ClC[C@@H]1CO1.N#CCc1ccc(Cl)c(Cl)c1. The second-order valence-electron chi connectivity index (χ2n) is 3.19. The topological polar surface area (TPSA) is 36.3 Å². The number of nitrogens with zero attached hydrogens (tertiary/aromatic N) is 1. The molecule has 0 spiro atoms. The van der Waals surface area contributed by atoms with Gasteiger partial charge in [0.1, 0.15) is 0 Å². The highest BCUT2D eigenvalue weighted by Gasteiger charge is 2.19. The van der Waals surface area contributed by atoms with Gasteiger partial charge >= 0.3 is 0 Å². The molecule has 1 aliphatic heterocycles. The molecule has 94 valence electrons. The molecule has 1 aromatic rings. The summed E-state index contributed by atoms with van der Waals surface area (Å²) in [5.74, 6) is 0.667. The largest absolute Gasteiger partial charge is 0.372 e. The first-order chi connectivity index (χ1) is 7.67. The highest BCUT2D eigenvalue weighted by atomic mass is 35.5. The highest BCUT2D eigenvalue weighted by Crippen LogP contribution is 2.22. The Morgan fingerprint density at radius 2 is 2.00 bits per heavy atom. The summed E-state index contributed by atoms with van der Waals surface area (Å²) in [4.78, 5) is 0. The molecular weight excluding hydrogens is 280 g/mol. The molecule has 17 heavy (non-hydrogen) atoms.